The van der Waals surface area contributed by atoms with Gasteiger partial charge in [0.1, 0.15) is 11.2 Å². The highest BCUT2D eigenvalue weighted by molar-refractivity contribution is 5.94. The minimum absolute atomic E-state index is 0.139. The lowest BCUT2D eigenvalue weighted by molar-refractivity contribution is -0.0280. The average Bonchev–Trinajstić information content (AvgIpc) is 2.65. The van der Waals surface area contributed by atoms with E-state index in [4.69, 9.17) is 4.74 Å². The van der Waals surface area contributed by atoms with Crippen molar-refractivity contribution in [2.24, 2.45) is 0 Å². The van der Waals surface area contributed by atoms with Crippen LogP contribution in [0, 0.1) is 0 Å². The molecule has 1 spiro atoms. The molecule has 2 fully saturated rings. The van der Waals surface area contributed by atoms with Gasteiger partial charge in [0, 0.05) is 17.8 Å². The lowest BCUT2D eigenvalue weighted by Gasteiger charge is -2.33. The molecule has 3 aliphatic rings. The van der Waals surface area contributed by atoms with Crippen molar-refractivity contribution in [2.45, 2.75) is 63.0 Å². The predicted molar refractivity (Wildman–Crippen MR) is 73.8 cm³/mol. The summed E-state index contributed by atoms with van der Waals surface area (Å²) in [5.41, 5.74) is 0.520. The summed E-state index contributed by atoms with van der Waals surface area (Å²) in [7, 11) is 0. The zero-order chi connectivity index (χ0) is 13.7. The van der Waals surface area contributed by atoms with Crippen LogP contribution in [0.4, 0.5) is 0 Å². The summed E-state index contributed by atoms with van der Waals surface area (Å²) in [5, 5.41) is 0. The molecule has 4 nitrogen and oxygen atoms in total. The van der Waals surface area contributed by atoms with Gasteiger partial charge in [0.05, 0.1) is 0 Å². The van der Waals surface area contributed by atoms with E-state index in [2.05, 4.69) is 0 Å². The first-order chi connectivity index (χ1) is 9.71. The van der Waals surface area contributed by atoms with Crippen molar-refractivity contribution in [3.05, 3.63) is 33.7 Å². The molecule has 106 valence electrons. The van der Waals surface area contributed by atoms with Gasteiger partial charge in [-0.3, -0.25) is 4.79 Å². The molecule has 0 radical (unpaired) electrons. The number of carbonyl (C=O) groups excluding carboxylic acids is 1. The number of esters is 1. The van der Waals surface area contributed by atoms with Gasteiger partial charge in [0.25, 0.3) is 5.56 Å². The van der Waals surface area contributed by atoms with E-state index in [0.29, 0.717) is 5.56 Å². The fourth-order valence-corrected chi connectivity index (χ4v) is 3.86. The first-order valence-corrected chi connectivity index (χ1v) is 7.70. The highest BCUT2D eigenvalue weighted by Crippen LogP contribution is 2.46. The Morgan fingerprint density at radius 1 is 1.10 bits per heavy atom. The molecule has 0 bridgehead atoms. The highest BCUT2D eigenvalue weighted by atomic mass is 16.6. The highest BCUT2D eigenvalue weighted by Gasteiger charge is 2.47. The second-order valence-electron chi connectivity index (χ2n) is 6.35. The number of pyridine rings is 1. The van der Waals surface area contributed by atoms with Crippen molar-refractivity contribution >= 4 is 5.97 Å². The minimum Gasteiger partial charge on any atom is -0.450 e. The van der Waals surface area contributed by atoms with E-state index in [-0.39, 0.29) is 11.6 Å². The first-order valence-electron chi connectivity index (χ1n) is 7.70. The quantitative estimate of drug-likeness (QED) is 0.739. The normalized spacial score (nSPS) is 24.3. The molecule has 0 atom stereocenters. The number of aromatic nitrogens is 1. The summed E-state index contributed by atoms with van der Waals surface area (Å²) in [6.07, 6.45) is 10.2. The Kier molecular flexibility index (Phi) is 2.56. The largest absolute Gasteiger partial charge is 0.450 e. The van der Waals surface area contributed by atoms with Crippen LogP contribution in [0.1, 0.15) is 73.3 Å². The summed E-state index contributed by atoms with van der Waals surface area (Å²) in [4.78, 5) is 24.8. The number of hydrogen-bond donors (Lipinski definition) is 0. The Morgan fingerprint density at radius 2 is 1.85 bits per heavy atom. The number of nitrogens with zero attached hydrogens (tertiary/aromatic N) is 1. The van der Waals surface area contributed by atoms with Crippen LogP contribution < -0.4 is 5.56 Å². The molecule has 1 aromatic rings. The van der Waals surface area contributed by atoms with Crippen LogP contribution in [-0.2, 0) is 10.3 Å². The monoisotopic (exact) mass is 273 g/mol. The standard InChI is InChI=1S/C16H19NO3/c18-14-13-12(7-10-17(14)11-5-4-6-11)16(20-15(13)19)8-2-1-3-9-16/h7,10-11H,1-6,8-9H2. The van der Waals surface area contributed by atoms with Crippen molar-refractivity contribution in [3.8, 4) is 0 Å². The molecule has 0 aromatic carbocycles. The lowest BCUT2D eigenvalue weighted by atomic mass is 9.79. The van der Waals surface area contributed by atoms with E-state index in [1.165, 1.54) is 12.8 Å². The Bertz CT molecular complexity index is 621. The molecule has 0 N–H and O–H groups in total. The summed E-state index contributed by atoms with van der Waals surface area (Å²) < 4.78 is 7.42. The Hall–Kier alpha value is -1.58. The van der Waals surface area contributed by atoms with Gasteiger partial charge in [-0.05, 0) is 51.0 Å². The topological polar surface area (TPSA) is 48.3 Å². The third-order valence-corrected chi connectivity index (χ3v) is 5.23. The van der Waals surface area contributed by atoms with Crippen LogP contribution in [0.25, 0.3) is 0 Å². The van der Waals surface area contributed by atoms with Crippen molar-refractivity contribution in [1.29, 1.82) is 0 Å². The van der Waals surface area contributed by atoms with Crippen molar-refractivity contribution in [2.75, 3.05) is 0 Å². The SMILES string of the molecule is O=C1OC2(CCCCC2)c2ccn(C3CCC3)c(=O)c21. The second-order valence-corrected chi connectivity index (χ2v) is 6.35. The molecule has 2 aliphatic carbocycles. The van der Waals surface area contributed by atoms with E-state index in [9.17, 15) is 9.59 Å². The number of ether oxygens (including phenoxy) is 1. The summed E-state index contributed by atoms with van der Waals surface area (Å²) in [6, 6.07) is 2.24. The molecule has 4 heteroatoms. The van der Waals surface area contributed by atoms with Crippen molar-refractivity contribution < 1.29 is 9.53 Å². The van der Waals surface area contributed by atoms with Crippen LogP contribution in [-0.4, -0.2) is 10.5 Å². The molecule has 1 aromatic heterocycles. The van der Waals surface area contributed by atoms with E-state index in [0.717, 1.165) is 44.1 Å². The molecular formula is C16H19NO3. The zero-order valence-electron chi connectivity index (χ0n) is 11.6. The zero-order valence-corrected chi connectivity index (χ0v) is 11.6. The number of hydrogen-bond acceptors (Lipinski definition) is 3. The van der Waals surface area contributed by atoms with Crippen LogP contribution in [0.2, 0.25) is 0 Å². The molecule has 1 aliphatic heterocycles. The van der Waals surface area contributed by atoms with E-state index >= 15 is 0 Å². The average molecular weight is 273 g/mol. The Morgan fingerprint density at radius 3 is 2.50 bits per heavy atom. The Balaban J connectivity index is 1.84. The summed E-state index contributed by atoms with van der Waals surface area (Å²) in [5.74, 6) is -0.402. The van der Waals surface area contributed by atoms with Gasteiger partial charge in [-0.2, -0.15) is 0 Å². The molecule has 20 heavy (non-hydrogen) atoms. The number of fused-ring (bicyclic) bond motifs is 2. The van der Waals surface area contributed by atoms with Crippen LogP contribution in [0.3, 0.4) is 0 Å². The van der Waals surface area contributed by atoms with Crippen molar-refractivity contribution in [3.63, 3.8) is 0 Å². The maximum atomic E-state index is 12.6. The molecule has 0 saturated heterocycles. The fourth-order valence-electron chi connectivity index (χ4n) is 3.86. The van der Waals surface area contributed by atoms with E-state index in [1.54, 1.807) is 4.57 Å². The third kappa shape index (κ3) is 1.54. The van der Waals surface area contributed by atoms with Gasteiger partial charge < -0.3 is 9.30 Å². The van der Waals surface area contributed by atoms with Crippen LogP contribution in [0.15, 0.2) is 17.1 Å². The molecular weight excluding hydrogens is 254 g/mol. The van der Waals surface area contributed by atoms with Crippen molar-refractivity contribution in [1.82, 2.24) is 4.57 Å². The smallest absolute Gasteiger partial charge is 0.345 e. The predicted octanol–water partition coefficient (Wildman–Crippen LogP) is 2.90. The van der Waals surface area contributed by atoms with Gasteiger partial charge in [0.2, 0.25) is 0 Å². The third-order valence-electron chi connectivity index (χ3n) is 5.23. The van der Waals surface area contributed by atoms with Gasteiger partial charge in [0.15, 0.2) is 0 Å². The van der Waals surface area contributed by atoms with E-state index in [1.807, 2.05) is 12.3 Å². The number of rotatable bonds is 1. The number of carbonyl (C=O) groups is 1. The maximum Gasteiger partial charge on any atom is 0.345 e. The van der Waals surface area contributed by atoms with Crippen LogP contribution in [0.5, 0.6) is 0 Å². The van der Waals surface area contributed by atoms with Gasteiger partial charge in [-0.15, -0.1) is 0 Å². The molecule has 0 unspecified atom stereocenters. The minimum atomic E-state index is -0.497. The lowest BCUT2D eigenvalue weighted by Crippen LogP contribution is -2.33. The summed E-state index contributed by atoms with van der Waals surface area (Å²) in [6.45, 7) is 0. The maximum absolute atomic E-state index is 12.6. The molecule has 0 amide bonds. The van der Waals surface area contributed by atoms with Gasteiger partial charge >= 0.3 is 5.97 Å². The second kappa shape index (κ2) is 4.21. The van der Waals surface area contributed by atoms with Gasteiger partial charge in [-0.25, -0.2) is 4.79 Å². The molecule has 2 saturated carbocycles. The fraction of sp³-hybridized carbons (Fsp3) is 0.625. The molecule has 4 rings (SSSR count). The van der Waals surface area contributed by atoms with E-state index < -0.39 is 11.6 Å². The first kappa shape index (κ1) is 12.2. The Labute approximate surface area is 117 Å². The molecule has 2 heterocycles. The van der Waals surface area contributed by atoms with Crippen LogP contribution >= 0.6 is 0 Å². The van der Waals surface area contributed by atoms with Gasteiger partial charge in [-0.1, -0.05) is 6.42 Å². The summed E-state index contributed by atoms with van der Waals surface area (Å²) >= 11 is 0.